The van der Waals surface area contributed by atoms with Crippen molar-refractivity contribution < 1.29 is 4.79 Å². The van der Waals surface area contributed by atoms with Crippen molar-refractivity contribution in [3.05, 3.63) is 36.0 Å². The van der Waals surface area contributed by atoms with Gasteiger partial charge >= 0.3 is 0 Å². The number of rotatable bonds is 4. The van der Waals surface area contributed by atoms with Gasteiger partial charge in [-0.25, -0.2) is 0 Å². The van der Waals surface area contributed by atoms with Gasteiger partial charge in [-0.1, -0.05) is 12.1 Å². The van der Waals surface area contributed by atoms with Crippen LogP contribution in [0.4, 0.5) is 0 Å². The lowest BCUT2D eigenvalue weighted by Gasteiger charge is -2.20. The molecule has 1 unspecified atom stereocenters. The SMILES string of the molecule is CC(CNC(=O)c1cccc2cc[nH]c12)N(C)C. The van der Waals surface area contributed by atoms with Crippen molar-refractivity contribution in [2.24, 2.45) is 0 Å². The molecule has 1 heterocycles. The van der Waals surface area contributed by atoms with Crippen LogP contribution in [0.15, 0.2) is 30.5 Å². The lowest BCUT2D eigenvalue weighted by molar-refractivity contribution is 0.0945. The molecule has 0 saturated carbocycles. The Bertz CT molecular complexity index is 545. The highest BCUT2D eigenvalue weighted by atomic mass is 16.1. The maximum Gasteiger partial charge on any atom is 0.253 e. The minimum absolute atomic E-state index is 0.0308. The van der Waals surface area contributed by atoms with Crippen molar-refractivity contribution in [1.29, 1.82) is 0 Å². The van der Waals surface area contributed by atoms with Crippen LogP contribution in [0.25, 0.3) is 10.9 Å². The summed E-state index contributed by atoms with van der Waals surface area (Å²) in [6.45, 7) is 2.72. The highest BCUT2D eigenvalue weighted by Crippen LogP contribution is 2.16. The lowest BCUT2D eigenvalue weighted by Crippen LogP contribution is -2.38. The molecule has 0 spiro atoms. The van der Waals surface area contributed by atoms with Crippen LogP contribution in [0.3, 0.4) is 0 Å². The zero-order chi connectivity index (χ0) is 13.1. The number of carbonyl (C=O) groups excluding carboxylic acids is 1. The Kier molecular flexibility index (Phi) is 3.67. The predicted octanol–water partition coefficient (Wildman–Crippen LogP) is 1.85. The largest absolute Gasteiger partial charge is 0.361 e. The van der Waals surface area contributed by atoms with Gasteiger partial charge in [-0.2, -0.15) is 0 Å². The van der Waals surface area contributed by atoms with E-state index in [0.29, 0.717) is 18.2 Å². The fourth-order valence-electron chi connectivity index (χ4n) is 1.79. The lowest BCUT2D eigenvalue weighted by atomic mass is 10.1. The number of benzene rings is 1. The number of para-hydroxylation sites is 1. The fourth-order valence-corrected chi connectivity index (χ4v) is 1.79. The third-order valence-corrected chi connectivity index (χ3v) is 3.27. The number of aromatic amines is 1. The van der Waals surface area contributed by atoms with Crippen molar-refractivity contribution >= 4 is 16.8 Å². The maximum atomic E-state index is 12.1. The molecule has 96 valence electrons. The van der Waals surface area contributed by atoms with Crippen LogP contribution < -0.4 is 5.32 Å². The molecule has 2 rings (SSSR count). The number of carbonyl (C=O) groups is 1. The van der Waals surface area contributed by atoms with Crippen LogP contribution in [0.1, 0.15) is 17.3 Å². The summed E-state index contributed by atoms with van der Waals surface area (Å²) in [5.74, 6) is -0.0308. The summed E-state index contributed by atoms with van der Waals surface area (Å²) in [7, 11) is 4.00. The Labute approximate surface area is 107 Å². The van der Waals surface area contributed by atoms with Crippen LogP contribution in [0.5, 0.6) is 0 Å². The van der Waals surface area contributed by atoms with Gasteiger partial charge in [0.15, 0.2) is 0 Å². The minimum Gasteiger partial charge on any atom is -0.361 e. The summed E-state index contributed by atoms with van der Waals surface area (Å²) in [5.41, 5.74) is 1.59. The van der Waals surface area contributed by atoms with E-state index >= 15 is 0 Å². The number of nitrogens with zero attached hydrogens (tertiary/aromatic N) is 1. The second-order valence-electron chi connectivity index (χ2n) is 4.77. The van der Waals surface area contributed by atoms with Gasteiger partial charge < -0.3 is 15.2 Å². The van der Waals surface area contributed by atoms with E-state index in [0.717, 1.165) is 10.9 Å². The molecule has 0 fully saturated rings. The van der Waals surface area contributed by atoms with E-state index in [1.165, 1.54) is 0 Å². The summed E-state index contributed by atoms with van der Waals surface area (Å²) < 4.78 is 0. The van der Waals surface area contributed by atoms with Gasteiger partial charge in [0.2, 0.25) is 0 Å². The summed E-state index contributed by atoms with van der Waals surface area (Å²) in [6.07, 6.45) is 1.85. The molecule has 0 aliphatic rings. The highest BCUT2D eigenvalue weighted by molar-refractivity contribution is 6.05. The molecular formula is C14H19N3O. The molecule has 4 heteroatoms. The van der Waals surface area contributed by atoms with Crippen LogP contribution in [0, 0.1) is 0 Å². The summed E-state index contributed by atoms with van der Waals surface area (Å²) >= 11 is 0. The molecule has 4 nitrogen and oxygen atoms in total. The minimum atomic E-state index is -0.0308. The molecule has 1 aromatic carbocycles. The van der Waals surface area contributed by atoms with E-state index in [4.69, 9.17) is 0 Å². The zero-order valence-corrected chi connectivity index (χ0v) is 11.0. The first kappa shape index (κ1) is 12.6. The molecule has 1 aromatic heterocycles. The summed E-state index contributed by atoms with van der Waals surface area (Å²) in [6, 6.07) is 8.02. The monoisotopic (exact) mass is 245 g/mol. The molecule has 0 radical (unpaired) electrons. The molecule has 1 atom stereocenters. The van der Waals surface area contributed by atoms with Crippen molar-refractivity contribution in [3.8, 4) is 0 Å². The standard InChI is InChI=1S/C14H19N3O/c1-10(17(2)3)9-16-14(18)12-6-4-5-11-7-8-15-13(11)12/h4-8,10,15H,9H2,1-3H3,(H,16,18). The number of likely N-dealkylation sites (N-methyl/N-ethyl adjacent to an activating group) is 1. The number of hydrogen-bond donors (Lipinski definition) is 2. The number of nitrogens with one attached hydrogen (secondary N) is 2. The van der Waals surface area contributed by atoms with Gasteiger partial charge in [-0.05, 0) is 33.2 Å². The smallest absolute Gasteiger partial charge is 0.253 e. The molecule has 1 amide bonds. The van der Waals surface area contributed by atoms with Crippen molar-refractivity contribution in [2.75, 3.05) is 20.6 Å². The van der Waals surface area contributed by atoms with Crippen molar-refractivity contribution in [1.82, 2.24) is 15.2 Å². The van der Waals surface area contributed by atoms with E-state index in [-0.39, 0.29) is 5.91 Å². The number of H-pyrrole nitrogens is 1. The molecule has 2 aromatic rings. The van der Waals surface area contributed by atoms with E-state index in [1.54, 1.807) is 0 Å². The number of amides is 1. The van der Waals surface area contributed by atoms with Gasteiger partial charge in [0.25, 0.3) is 5.91 Å². The molecule has 0 saturated heterocycles. The number of fused-ring (bicyclic) bond motifs is 1. The Morgan fingerprint density at radius 3 is 2.89 bits per heavy atom. The predicted molar refractivity (Wildman–Crippen MR) is 73.8 cm³/mol. The third-order valence-electron chi connectivity index (χ3n) is 3.27. The average Bonchev–Trinajstić information content (AvgIpc) is 2.83. The molecule has 2 N–H and O–H groups in total. The van der Waals surface area contributed by atoms with Crippen LogP contribution >= 0.6 is 0 Å². The van der Waals surface area contributed by atoms with E-state index in [2.05, 4.69) is 22.1 Å². The van der Waals surface area contributed by atoms with Crippen molar-refractivity contribution in [3.63, 3.8) is 0 Å². The van der Waals surface area contributed by atoms with Gasteiger partial charge in [0.05, 0.1) is 11.1 Å². The quantitative estimate of drug-likeness (QED) is 0.863. The molecular weight excluding hydrogens is 226 g/mol. The molecule has 0 aliphatic heterocycles. The zero-order valence-electron chi connectivity index (χ0n) is 11.0. The summed E-state index contributed by atoms with van der Waals surface area (Å²) in [4.78, 5) is 17.3. The van der Waals surface area contributed by atoms with Crippen molar-refractivity contribution in [2.45, 2.75) is 13.0 Å². The second kappa shape index (κ2) is 5.23. The molecule has 0 bridgehead atoms. The number of hydrogen-bond acceptors (Lipinski definition) is 2. The first-order valence-corrected chi connectivity index (χ1v) is 6.10. The summed E-state index contributed by atoms with van der Waals surface area (Å²) in [5, 5.41) is 4.02. The Morgan fingerprint density at radius 1 is 1.39 bits per heavy atom. The highest BCUT2D eigenvalue weighted by Gasteiger charge is 2.12. The topological polar surface area (TPSA) is 48.1 Å². The third kappa shape index (κ3) is 2.54. The van der Waals surface area contributed by atoms with Gasteiger partial charge in [0.1, 0.15) is 0 Å². The molecule has 18 heavy (non-hydrogen) atoms. The van der Waals surface area contributed by atoms with Crippen LogP contribution in [0.2, 0.25) is 0 Å². The molecule has 0 aliphatic carbocycles. The Hall–Kier alpha value is -1.81. The van der Waals surface area contributed by atoms with E-state index in [9.17, 15) is 4.79 Å². The van der Waals surface area contributed by atoms with Gasteiger partial charge in [0, 0.05) is 24.2 Å². The van der Waals surface area contributed by atoms with Gasteiger partial charge in [-0.15, -0.1) is 0 Å². The van der Waals surface area contributed by atoms with Crippen LogP contribution in [-0.2, 0) is 0 Å². The maximum absolute atomic E-state index is 12.1. The average molecular weight is 245 g/mol. The van der Waals surface area contributed by atoms with E-state index in [1.807, 2.05) is 44.6 Å². The van der Waals surface area contributed by atoms with E-state index < -0.39 is 0 Å². The number of aromatic nitrogens is 1. The van der Waals surface area contributed by atoms with Gasteiger partial charge in [-0.3, -0.25) is 4.79 Å². The first-order chi connectivity index (χ1) is 8.59. The first-order valence-electron chi connectivity index (χ1n) is 6.10. The second-order valence-corrected chi connectivity index (χ2v) is 4.77. The van der Waals surface area contributed by atoms with Crippen LogP contribution in [-0.4, -0.2) is 42.5 Å². The Morgan fingerprint density at radius 2 is 2.17 bits per heavy atom. The Balaban J connectivity index is 2.12. The fraction of sp³-hybridized carbons (Fsp3) is 0.357. The normalized spacial score (nSPS) is 12.9.